The monoisotopic (exact) mass is 392 g/mol. The van der Waals surface area contributed by atoms with Gasteiger partial charge in [-0.1, -0.05) is 35.9 Å². The number of rotatable bonds is 5. The lowest BCUT2D eigenvalue weighted by atomic mass is 10.2. The number of carbonyl (C=O) groups is 2. The molecule has 0 fully saturated rings. The van der Waals surface area contributed by atoms with Crippen molar-refractivity contribution >= 4 is 46.2 Å². The van der Waals surface area contributed by atoms with Gasteiger partial charge >= 0.3 is 5.97 Å². The van der Waals surface area contributed by atoms with E-state index in [-0.39, 0.29) is 6.61 Å². The molecule has 0 aliphatic heterocycles. The van der Waals surface area contributed by atoms with Gasteiger partial charge in [0.2, 0.25) is 0 Å². The molecule has 2 aromatic heterocycles. The number of ether oxygens (including phenoxy) is 1. The molecule has 8 heteroatoms. The number of aromatic nitrogens is 1. The number of hydrogen-bond acceptors (Lipinski definition) is 5. The van der Waals surface area contributed by atoms with Gasteiger partial charge in [0.05, 0.1) is 6.54 Å². The predicted octanol–water partition coefficient (Wildman–Crippen LogP) is 3.60. The number of halogens is 1. The van der Waals surface area contributed by atoms with Gasteiger partial charge in [0, 0.05) is 16.6 Å². The topological polar surface area (TPSA) is 60.7 Å². The zero-order chi connectivity index (χ0) is 17.6. The van der Waals surface area contributed by atoms with Crippen LogP contribution in [0.5, 0.6) is 0 Å². The Morgan fingerprint density at radius 1 is 1.12 bits per heavy atom. The average Bonchev–Trinajstić information content (AvgIpc) is 3.27. The van der Waals surface area contributed by atoms with Crippen molar-refractivity contribution in [3.8, 4) is 0 Å². The largest absolute Gasteiger partial charge is 0.451 e. The van der Waals surface area contributed by atoms with Crippen LogP contribution in [-0.2, 0) is 16.1 Å². The molecule has 25 heavy (non-hydrogen) atoms. The zero-order valence-electron chi connectivity index (χ0n) is 12.9. The summed E-state index contributed by atoms with van der Waals surface area (Å²) in [7, 11) is 0. The lowest BCUT2D eigenvalue weighted by Crippen LogP contribution is -2.19. The quantitative estimate of drug-likeness (QED) is 0.623. The van der Waals surface area contributed by atoms with Crippen molar-refractivity contribution in [2.75, 3.05) is 6.61 Å². The molecule has 0 saturated carbocycles. The van der Waals surface area contributed by atoms with Gasteiger partial charge in [-0.3, -0.25) is 4.79 Å². The molecule has 5 nitrogen and oxygen atoms in total. The summed E-state index contributed by atoms with van der Waals surface area (Å²) < 4.78 is 6.80. The second-order valence-corrected chi connectivity index (χ2v) is 7.19. The summed E-state index contributed by atoms with van der Waals surface area (Å²) in [5, 5.41) is 4.26. The number of thiophene rings is 1. The molecule has 0 aliphatic rings. The molecule has 3 aromatic rings. The minimum absolute atomic E-state index is 0.388. The van der Waals surface area contributed by atoms with E-state index in [0.29, 0.717) is 21.2 Å². The number of thiazole rings is 1. The Hall–Kier alpha value is -2.22. The molecule has 1 amide bonds. The first-order chi connectivity index (χ1) is 12.1. The molecule has 0 radical (unpaired) electrons. The minimum Gasteiger partial charge on any atom is -0.451 e. The summed E-state index contributed by atoms with van der Waals surface area (Å²) in [5.41, 5.74) is 0.931. The van der Waals surface area contributed by atoms with Crippen molar-refractivity contribution in [1.29, 1.82) is 0 Å². The van der Waals surface area contributed by atoms with Gasteiger partial charge < -0.3 is 9.30 Å². The van der Waals surface area contributed by atoms with E-state index in [2.05, 4.69) is 4.99 Å². The standard InChI is InChI=1S/C17H13ClN2O3S2/c18-13-5-2-1-4-12(13)10-20-7-9-25-17(20)19-15(21)11-23-16(22)14-6-3-8-24-14/h1-9H,10-11H2. The van der Waals surface area contributed by atoms with Crippen molar-refractivity contribution < 1.29 is 14.3 Å². The third-order valence-electron chi connectivity index (χ3n) is 3.23. The Kier molecular flexibility index (Phi) is 5.80. The maximum Gasteiger partial charge on any atom is 0.348 e. The molecular weight excluding hydrogens is 380 g/mol. The maximum atomic E-state index is 12.0. The van der Waals surface area contributed by atoms with E-state index >= 15 is 0 Å². The molecule has 0 spiro atoms. The van der Waals surface area contributed by atoms with Gasteiger partial charge in [-0.2, -0.15) is 4.99 Å². The fourth-order valence-corrected chi connectivity index (χ4v) is 3.61. The number of hydrogen-bond donors (Lipinski definition) is 0. The third kappa shape index (κ3) is 4.66. The molecule has 0 aliphatic carbocycles. The van der Waals surface area contributed by atoms with Gasteiger partial charge in [-0.25, -0.2) is 4.79 Å². The molecule has 0 N–H and O–H groups in total. The Labute approximate surface area is 156 Å². The van der Waals surface area contributed by atoms with E-state index in [0.717, 1.165) is 5.56 Å². The highest BCUT2D eigenvalue weighted by atomic mass is 35.5. The summed E-state index contributed by atoms with van der Waals surface area (Å²) in [6, 6.07) is 10.9. The van der Waals surface area contributed by atoms with Crippen LogP contribution in [0.15, 0.2) is 58.3 Å². The summed E-state index contributed by atoms with van der Waals surface area (Å²) in [5.74, 6) is -1.03. The summed E-state index contributed by atoms with van der Waals surface area (Å²) in [6.45, 7) is 0.116. The van der Waals surface area contributed by atoms with Crippen molar-refractivity contribution in [3.05, 3.63) is 73.6 Å². The van der Waals surface area contributed by atoms with Gasteiger partial charge in [-0.15, -0.1) is 22.7 Å². The molecule has 128 valence electrons. The average molecular weight is 393 g/mol. The van der Waals surface area contributed by atoms with Crippen LogP contribution < -0.4 is 4.80 Å². The Bertz CT molecular complexity index is 945. The smallest absolute Gasteiger partial charge is 0.348 e. The second-order valence-electron chi connectivity index (χ2n) is 4.96. The highest BCUT2D eigenvalue weighted by Gasteiger charge is 2.11. The SMILES string of the molecule is O=C(COC(=O)c1cccs1)N=c1sccn1Cc1ccccc1Cl. The Morgan fingerprint density at radius 2 is 1.96 bits per heavy atom. The highest BCUT2D eigenvalue weighted by molar-refractivity contribution is 7.12. The van der Waals surface area contributed by atoms with E-state index in [1.54, 1.807) is 17.5 Å². The summed E-state index contributed by atoms with van der Waals surface area (Å²) >= 11 is 8.76. The highest BCUT2D eigenvalue weighted by Crippen LogP contribution is 2.15. The summed E-state index contributed by atoms with van der Waals surface area (Å²) in [6.07, 6.45) is 1.83. The van der Waals surface area contributed by atoms with Crippen LogP contribution in [0, 0.1) is 0 Å². The van der Waals surface area contributed by atoms with E-state index < -0.39 is 11.9 Å². The Morgan fingerprint density at radius 3 is 2.72 bits per heavy atom. The molecule has 0 saturated heterocycles. The van der Waals surface area contributed by atoms with Crippen LogP contribution in [0.3, 0.4) is 0 Å². The first kappa shape index (κ1) is 17.6. The van der Waals surface area contributed by atoms with Crippen LogP contribution in [0.4, 0.5) is 0 Å². The number of benzene rings is 1. The Balaban J connectivity index is 1.67. The van der Waals surface area contributed by atoms with Crippen LogP contribution in [0.1, 0.15) is 15.2 Å². The van der Waals surface area contributed by atoms with Crippen molar-refractivity contribution in [2.24, 2.45) is 4.99 Å². The molecular formula is C17H13ClN2O3S2. The van der Waals surface area contributed by atoms with Gasteiger partial charge in [0.15, 0.2) is 11.4 Å². The number of amides is 1. The number of esters is 1. The third-order valence-corrected chi connectivity index (χ3v) is 5.24. The van der Waals surface area contributed by atoms with E-state index in [1.807, 2.05) is 40.4 Å². The van der Waals surface area contributed by atoms with E-state index in [4.69, 9.17) is 16.3 Å². The fraction of sp³-hybridized carbons (Fsp3) is 0.118. The fourth-order valence-electron chi connectivity index (χ4n) is 2.05. The normalized spacial score (nSPS) is 11.5. The second kappa shape index (κ2) is 8.24. The van der Waals surface area contributed by atoms with Crippen LogP contribution in [0.2, 0.25) is 5.02 Å². The lowest BCUT2D eigenvalue weighted by molar-refractivity contribution is -0.121. The molecule has 0 bridgehead atoms. The number of carbonyl (C=O) groups excluding carboxylic acids is 2. The van der Waals surface area contributed by atoms with Gasteiger partial charge in [-0.05, 0) is 23.1 Å². The number of nitrogens with zero attached hydrogens (tertiary/aromatic N) is 2. The molecule has 0 atom stereocenters. The first-order valence-electron chi connectivity index (χ1n) is 7.29. The van der Waals surface area contributed by atoms with Crippen molar-refractivity contribution in [3.63, 3.8) is 0 Å². The van der Waals surface area contributed by atoms with Crippen LogP contribution >= 0.6 is 34.3 Å². The summed E-state index contributed by atoms with van der Waals surface area (Å²) in [4.78, 5) is 28.7. The molecule has 1 aromatic carbocycles. The van der Waals surface area contributed by atoms with Crippen molar-refractivity contribution in [1.82, 2.24) is 4.57 Å². The molecule has 0 unspecified atom stereocenters. The van der Waals surface area contributed by atoms with E-state index in [1.165, 1.54) is 22.7 Å². The zero-order valence-corrected chi connectivity index (χ0v) is 15.3. The van der Waals surface area contributed by atoms with Crippen LogP contribution in [0.25, 0.3) is 0 Å². The van der Waals surface area contributed by atoms with Crippen molar-refractivity contribution in [2.45, 2.75) is 6.54 Å². The maximum absolute atomic E-state index is 12.0. The molecule has 2 heterocycles. The van der Waals surface area contributed by atoms with Crippen LogP contribution in [-0.4, -0.2) is 23.1 Å². The minimum atomic E-state index is -0.520. The lowest BCUT2D eigenvalue weighted by Gasteiger charge is -2.05. The van der Waals surface area contributed by atoms with Gasteiger partial charge in [0.25, 0.3) is 5.91 Å². The molecule has 3 rings (SSSR count). The predicted molar refractivity (Wildman–Crippen MR) is 98.0 cm³/mol. The van der Waals surface area contributed by atoms with Gasteiger partial charge in [0.1, 0.15) is 4.88 Å². The first-order valence-corrected chi connectivity index (χ1v) is 9.43. The van der Waals surface area contributed by atoms with E-state index in [9.17, 15) is 9.59 Å².